The van der Waals surface area contributed by atoms with E-state index in [2.05, 4.69) is 20.7 Å². The second-order valence-electron chi connectivity index (χ2n) is 3.96. The molecule has 1 amide bonds. The van der Waals surface area contributed by atoms with Crippen LogP contribution in [0.4, 0.5) is 5.95 Å². The third-order valence-electron chi connectivity index (χ3n) is 2.50. The number of fused-ring (bicyclic) bond motifs is 1. The maximum Gasteiger partial charge on any atom is 0.243 e. The maximum absolute atomic E-state index is 11.4. The third kappa shape index (κ3) is 3.92. The summed E-state index contributed by atoms with van der Waals surface area (Å²) in [5.74, 6) is 0.504. The van der Waals surface area contributed by atoms with Crippen LogP contribution in [-0.2, 0) is 9.53 Å². The molecular formula is C12H17N5O2. The molecule has 0 aromatic carbocycles. The van der Waals surface area contributed by atoms with Gasteiger partial charge in [-0.2, -0.15) is 4.98 Å². The first-order valence-corrected chi connectivity index (χ1v) is 6.10. The van der Waals surface area contributed by atoms with Crippen molar-refractivity contribution < 1.29 is 9.53 Å². The maximum atomic E-state index is 11.4. The first-order chi connectivity index (χ1) is 9.29. The molecule has 2 aromatic rings. The Morgan fingerprint density at radius 1 is 1.42 bits per heavy atom. The normalized spacial score (nSPS) is 10.6. The van der Waals surface area contributed by atoms with Crippen LogP contribution in [-0.4, -0.2) is 47.3 Å². The Kier molecular flexibility index (Phi) is 4.68. The number of aromatic nitrogens is 3. The van der Waals surface area contributed by atoms with Crippen molar-refractivity contribution in [2.45, 2.75) is 6.42 Å². The molecule has 0 spiro atoms. The van der Waals surface area contributed by atoms with Crippen LogP contribution >= 0.6 is 0 Å². The van der Waals surface area contributed by atoms with Crippen molar-refractivity contribution in [2.24, 2.45) is 0 Å². The minimum absolute atomic E-state index is 0.0201. The molecule has 0 saturated carbocycles. The highest BCUT2D eigenvalue weighted by molar-refractivity contribution is 5.76. The summed E-state index contributed by atoms with van der Waals surface area (Å²) < 4.78 is 6.53. The van der Waals surface area contributed by atoms with Gasteiger partial charge in [0.15, 0.2) is 5.65 Å². The van der Waals surface area contributed by atoms with Gasteiger partial charge in [0.25, 0.3) is 0 Å². The van der Waals surface area contributed by atoms with E-state index in [4.69, 9.17) is 4.74 Å². The van der Waals surface area contributed by atoms with Gasteiger partial charge in [0, 0.05) is 32.8 Å². The number of nitrogens with one attached hydrogen (secondary N) is 2. The summed E-state index contributed by atoms with van der Waals surface area (Å²) in [4.78, 5) is 15.7. The average Bonchev–Trinajstić information content (AvgIpc) is 2.81. The van der Waals surface area contributed by atoms with Gasteiger partial charge in [0.2, 0.25) is 11.9 Å². The molecule has 0 fully saturated rings. The van der Waals surface area contributed by atoms with Crippen molar-refractivity contribution in [2.75, 3.05) is 32.1 Å². The van der Waals surface area contributed by atoms with E-state index in [0.717, 1.165) is 5.65 Å². The van der Waals surface area contributed by atoms with Gasteiger partial charge in [-0.25, -0.2) is 4.52 Å². The van der Waals surface area contributed by atoms with Gasteiger partial charge in [-0.1, -0.05) is 6.07 Å². The minimum Gasteiger partial charge on any atom is -0.383 e. The van der Waals surface area contributed by atoms with Crippen molar-refractivity contribution >= 4 is 17.5 Å². The van der Waals surface area contributed by atoms with E-state index in [1.54, 1.807) is 11.6 Å². The Morgan fingerprint density at radius 3 is 3.11 bits per heavy atom. The van der Waals surface area contributed by atoms with Crippen LogP contribution in [0.3, 0.4) is 0 Å². The van der Waals surface area contributed by atoms with Gasteiger partial charge >= 0.3 is 0 Å². The van der Waals surface area contributed by atoms with E-state index < -0.39 is 0 Å². The highest BCUT2D eigenvalue weighted by atomic mass is 16.5. The molecule has 0 saturated heterocycles. The predicted molar refractivity (Wildman–Crippen MR) is 71.0 cm³/mol. The number of rotatable bonds is 7. The summed E-state index contributed by atoms with van der Waals surface area (Å²) in [6, 6.07) is 5.65. The molecule has 0 aliphatic heterocycles. The predicted octanol–water partition coefficient (Wildman–Crippen LogP) is 0.294. The van der Waals surface area contributed by atoms with Crippen molar-refractivity contribution in [3.63, 3.8) is 0 Å². The lowest BCUT2D eigenvalue weighted by Crippen LogP contribution is -2.28. The zero-order valence-electron chi connectivity index (χ0n) is 10.8. The van der Waals surface area contributed by atoms with Crippen molar-refractivity contribution in [3.05, 3.63) is 24.4 Å². The lowest BCUT2D eigenvalue weighted by molar-refractivity contribution is -0.121. The molecule has 19 heavy (non-hydrogen) atoms. The van der Waals surface area contributed by atoms with Crippen molar-refractivity contribution in [1.29, 1.82) is 0 Å². The van der Waals surface area contributed by atoms with Crippen LogP contribution in [0, 0.1) is 0 Å². The van der Waals surface area contributed by atoms with E-state index in [1.807, 2.05) is 24.4 Å². The molecule has 0 aliphatic carbocycles. The average molecular weight is 263 g/mol. The van der Waals surface area contributed by atoms with Crippen molar-refractivity contribution in [3.8, 4) is 0 Å². The molecule has 2 rings (SSSR count). The Hall–Kier alpha value is -2.15. The number of pyridine rings is 1. The monoisotopic (exact) mass is 263 g/mol. The van der Waals surface area contributed by atoms with Crippen LogP contribution in [0.1, 0.15) is 6.42 Å². The Bertz CT molecular complexity index is 507. The van der Waals surface area contributed by atoms with E-state index in [0.29, 0.717) is 32.1 Å². The second-order valence-corrected chi connectivity index (χ2v) is 3.96. The molecule has 102 valence electrons. The van der Waals surface area contributed by atoms with Crippen LogP contribution in [0.5, 0.6) is 0 Å². The summed E-state index contributed by atoms with van der Waals surface area (Å²) in [7, 11) is 1.60. The fraction of sp³-hybridized carbons (Fsp3) is 0.417. The van der Waals surface area contributed by atoms with Gasteiger partial charge in [-0.3, -0.25) is 4.79 Å². The van der Waals surface area contributed by atoms with Crippen LogP contribution in [0.2, 0.25) is 0 Å². The van der Waals surface area contributed by atoms with Gasteiger partial charge < -0.3 is 15.4 Å². The highest BCUT2D eigenvalue weighted by Gasteiger charge is 2.03. The number of anilines is 1. The fourth-order valence-electron chi connectivity index (χ4n) is 1.58. The molecule has 2 N–H and O–H groups in total. The smallest absolute Gasteiger partial charge is 0.243 e. The quantitative estimate of drug-likeness (QED) is 0.702. The number of nitrogens with zero attached hydrogens (tertiary/aromatic N) is 3. The highest BCUT2D eigenvalue weighted by Crippen LogP contribution is 2.03. The molecule has 0 unspecified atom stereocenters. The van der Waals surface area contributed by atoms with E-state index >= 15 is 0 Å². The van der Waals surface area contributed by atoms with E-state index in [9.17, 15) is 4.79 Å². The Labute approximate surface area is 111 Å². The number of amides is 1. The standard InChI is InChI=1S/C12H17N5O2/c1-19-9-7-13-11(18)5-6-14-12-15-10-4-2-3-8-17(10)16-12/h2-4,8H,5-7,9H2,1H3,(H,13,18)(H,14,16). The van der Waals surface area contributed by atoms with Crippen LogP contribution in [0.25, 0.3) is 5.65 Å². The van der Waals surface area contributed by atoms with Gasteiger partial charge in [-0.15, -0.1) is 5.10 Å². The summed E-state index contributed by atoms with van der Waals surface area (Å²) in [6.07, 6.45) is 2.20. The molecule has 0 aliphatic rings. The molecule has 0 radical (unpaired) electrons. The zero-order valence-corrected chi connectivity index (χ0v) is 10.8. The first kappa shape index (κ1) is 13.3. The topological polar surface area (TPSA) is 80.5 Å². The van der Waals surface area contributed by atoms with Crippen LogP contribution in [0.15, 0.2) is 24.4 Å². The molecule has 7 nitrogen and oxygen atoms in total. The zero-order chi connectivity index (χ0) is 13.5. The SMILES string of the molecule is COCCNC(=O)CCNc1nc2ccccn2n1. The molecular weight excluding hydrogens is 246 g/mol. The first-order valence-electron chi connectivity index (χ1n) is 6.10. The number of carbonyl (C=O) groups excluding carboxylic acids is 1. The van der Waals surface area contributed by atoms with E-state index in [-0.39, 0.29) is 5.91 Å². The largest absolute Gasteiger partial charge is 0.383 e. The molecule has 0 bridgehead atoms. The third-order valence-corrected chi connectivity index (χ3v) is 2.50. The lowest BCUT2D eigenvalue weighted by Gasteiger charge is -2.04. The summed E-state index contributed by atoms with van der Waals surface area (Å²) in [5, 5.41) is 9.99. The molecule has 7 heteroatoms. The van der Waals surface area contributed by atoms with E-state index in [1.165, 1.54) is 0 Å². The Morgan fingerprint density at radius 2 is 2.32 bits per heavy atom. The van der Waals surface area contributed by atoms with Gasteiger partial charge in [0.1, 0.15) is 0 Å². The molecule has 0 atom stereocenters. The van der Waals surface area contributed by atoms with Gasteiger partial charge in [-0.05, 0) is 12.1 Å². The Balaban J connectivity index is 1.74. The number of carbonyl (C=O) groups is 1. The lowest BCUT2D eigenvalue weighted by atomic mass is 10.4. The van der Waals surface area contributed by atoms with Crippen molar-refractivity contribution in [1.82, 2.24) is 19.9 Å². The number of hydrogen-bond acceptors (Lipinski definition) is 5. The minimum atomic E-state index is -0.0201. The number of hydrogen-bond donors (Lipinski definition) is 2. The molecule has 2 aromatic heterocycles. The second kappa shape index (κ2) is 6.69. The summed E-state index contributed by atoms with van der Waals surface area (Å²) in [5.41, 5.74) is 0.773. The summed E-state index contributed by atoms with van der Waals surface area (Å²) in [6.45, 7) is 1.55. The fourth-order valence-corrected chi connectivity index (χ4v) is 1.58. The number of methoxy groups -OCH3 is 1. The van der Waals surface area contributed by atoms with Crippen LogP contribution < -0.4 is 10.6 Å². The van der Waals surface area contributed by atoms with Gasteiger partial charge in [0.05, 0.1) is 6.61 Å². The molecule has 2 heterocycles. The summed E-state index contributed by atoms with van der Waals surface area (Å²) >= 11 is 0. The number of ether oxygens (including phenoxy) is 1.